The molecule has 1 atom stereocenters. The standard InChI is InChI=1S/C22H19NO3/c24-21(12-13-22(25)26)23-20(14-16-6-2-1-3-7-16)19-11-10-17-8-4-5-9-18(17)15-19/h1-13,15,20H,14H2,(H,23,24)(H,25,26)/b13-12+. The van der Waals surface area contributed by atoms with Crippen molar-refractivity contribution in [3.63, 3.8) is 0 Å². The molecule has 0 bridgehead atoms. The van der Waals surface area contributed by atoms with Crippen LogP contribution in [-0.2, 0) is 16.0 Å². The summed E-state index contributed by atoms with van der Waals surface area (Å²) in [5.41, 5.74) is 2.07. The lowest BCUT2D eigenvalue weighted by atomic mass is 9.96. The van der Waals surface area contributed by atoms with Gasteiger partial charge in [0.25, 0.3) is 0 Å². The molecule has 1 amide bonds. The van der Waals surface area contributed by atoms with E-state index in [1.54, 1.807) is 0 Å². The van der Waals surface area contributed by atoms with E-state index in [0.717, 1.165) is 34.1 Å². The number of carboxylic acids is 1. The first kappa shape index (κ1) is 17.4. The number of fused-ring (bicyclic) bond motifs is 1. The van der Waals surface area contributed by atoms with Crippen LogP contribution < -0.4 is 5.32 Å². The van der Waals surface area contributed by atoms with Crippen LogP contribution in [0, 0.1) is 0 Å². The fraction of sp³-hybridized carbons (Fsp3) is 0.0909. The third kappa shape index (κ3) is 4.57. The van der Waals surface area contributed by atoms with Gasteiger partial charge in [-0.2, -0.15) is 0 Å². The molecule has 0 saturated carbocycles. The molecule has 0 aliphatic heterocycles. The second-order valence-electron chi connectivity index (χ2n) is 6.03. The summed E-state index contributed by atoms with van der Waals surface area (Å²) in [4.78, 5) is 22.8. The molecule has 26 heavy (non-hydrogen) atoms. The number of amides is 1. The molecular formula is C22H19NO3. The Bertz CT molecular complexity index is 948. The van der Waals surface area contributed by atoms with E-state index >= 15 is 0 Å². The molecule has 3 rings (SSSR count). The fourth-order valence-electron chi connectivity index (χ4n) is 2.89. The second kappa shape index (κ2) is 8.12. The van der Waals surface area contributed by atoms with Crippen molar-refractivity contribution >= 4 is 22.6 Å². The van der Waals surface area contributed by atoms with E-state index in [2.05, 4.69) is 11.4 Å². The number of benzene rings is 3. The van der Waals surface area contributed by atoms with Crippen LogP contribution in [-0.4, -0.2) is 17.0 Å². The van der Waals surface area contributed by atoms with Crippen molar-refractivity contribution in [1.82, 2.24) is 5.32 Å². The van der Waals surface area contributed by atoms with E-state index < -0.39 is 11.9 Å². The van der Waals surface area contributed by atoms with Gasteiger partial charge in [-0.05, 0) is 34.4 Å². The average molecular weight is 345 g/mol. The molecule has 4 heteroatoms. The van der Waals surface area contributed by atoms with Crippen molar-refractivity contribution in [2.75, 3.05) is 0 Å². The lowest BCUT2D eigenvalue weighted by molar-refractivity contribution is -0.131. The predicted octanol–water partition coefficient (Wildman–Crippen LogP) is 3.88. The van der Waals surface area contributed by atoms with Crippen molar-refractivity contribution in [2.24, 2.45) is 0 Å². The van der Waals surface area contributed by atoms with Crippen molar-refractivity contribution < 1.29 is 14.7 Å². The highest BCUT2D eigenvalue weighted by Gasteiger charge is 2.15. The average Bonchev–Trinajstić information content (AvgIpc) is 2.66. The van der Waals surface area contributed by atoms with E-state index in [0.29, 0.717) is 6.42 Å². The van der Waals surface area contributed by atoms with Gasteiger partial charge in [-0.25, -0.2) is 4.79 Å². The molecule has 1 unspecified atom stereocenters. The third-order valence-electron chi connectivity index (χ3n) is 4.15. The fourth-order valence-corrected chi connectivity index (χ4v) is 2.89. The molecule has 0 spiro atoms. The van der Waals surface area contributed by atoms with Gasteiger partial charge in [0.05, 0.1) is 6.04 Å². The highest BCUT2D eigenvalue weighted by atomic mass is 16.4. The summed E-state index contributed by atoms with van der Waals surface area (Å²) in [7, 11) is 0. The topological polar surface area (TPSA) is 66.4 Å². The van der Waals surface area contributed by atoms with Gasteiger partial charge in [0.15, 0.2) is 0 Å². The second-order valence-corrected chi connectivity index (χ2v) is 6.03. The number of rotatable bonds is 6. The van der Waals surface area contributed by atoms with Crippen molar-refractivity contribution in [3.8, 4) is 0 Å². The zero-order valence-corrected chi connectivity index (χ0v) is 14.1. The summed E-state index contributed by atoms with van der Waals surface area (Å²) < 4.78 is 0. The molecule has 0 aromatic heterocycles. The minimum Gasteiger partial charge on any atom is -0.478 e. The number of aliphatic carboxylic acids is 1. The Morgan fingerprint density at radius 2 is 1.58 bits per heavy atom. The lowest BCUT2D eigenvalue weighted by Crippen LogP contribution is -2.28. The van der Waals surface area contributed by atoms with Gasteiger partial charge in [-0.1, -0.05) is 66.7 Å². The summed E-state index contributed by atoms with van der Waals surface area (Å²) in [6.07, 6.45) is 2.50. The molecule has 0 aliphatic rings. The number of carbonyl (C=O) groups is 2. The van der Waals surface area contributed by atoms with Crippen LogP contribution >= 0.6 is 0 Å². The third-order valence-corrected chi connectivity index (χ3v) is 4.15. The maximum atomic E-state index is 12.1. The Hall–Kier alpha value is -3.40. The number of hydrogen-bond acceptors (Lipinski definition) is 2. The van der Waals surface area contributed by atoms with Crippen molar-refractivity contribution in [3.05, 3.63) is 96.1 Å². The van der Waals surface area contributed by atoms with E-state index in [4.69, 9.17) is 5.11 Å². The summed E-state index contributed by atoms with van der Waals surface area (Å²) >= 11 is 0. The quantitative estimate of drug-likeness (QED) is 0.666. The minimum absolute atomic E-state index is 0.257. The monoisotopic (exact) mass is 345 g/mol. The molecule has 0 saturated heterocycles. The van der Waals surface area contributed by atoms with Crippen LogP contribution in [0.15, 0.2) is 84.9 Å². The molecule has 130 valence electrons. The molecule has 4 nitrogen and oxygen atoms in total. The zero-order chi connectivity index (χ0) is 18.4. The van der Waals surface area contributed by atoms with E-state index in [9.17, 15) is 9.59 Å². The summed E-state index contributed by atoms with van der Waals surface area (Å²) in [5, 5.41) is 13.8. The van der Waals surface area contributed by atoms with Crippen LogP contribution in [0.3, 0.4) is 0 Å². The molecule has 2 N–H and O–H groups in total. The van der Waals surface area contributed by atoms with Gasteiger partial charge in [0, 0.05) is 12.2 Å². The first-order chi connectivity index (χ1) is 12.6. The van der Waals surface area contributed by atoms with E-state index in [1.165, 1.54) is 0 Å². The smallest absolute Gasteiger partial charge is 0.328 e. The number of hydrogen-bond donors (Lipinski definition) is 2. The Labute approximate surface area is 151 Å². The van der Waals surface area contributed by atoms with Gasteiger partial charge in [-0.15, -0.1) is 0 Å². The van der Waals surface area contributed by atoms with Crippen molar-refractivity contribution in [1.29, 1.82) is 0 Å². The highest BCUT2D eigenvalue weighted by Crippen LogP contribution is 2.23. The Kier molecular flexibility index (Phi) is 5.44. The van der Waals surface area contributed by atoms with E-state index in [-0.39, 0.29) is 6.04 Å². The summed E-state index contributed by atoms with van der Waals surface area (Å²) in [5.74, 6) is -1.58. The zero-order valence-electron chi connectivity index (χ0n) is 14.1. The summed E-state index contributed by atoms with van der Waals surface area (Å²) in [6, 6.07) is 23.7. The van der Waals surface area contributed by atoms with Crippen LogP contribution in [0.25, 0.3) is 10.8 Å². The number of nitrogens with one attached hydrogen (secondary N) is 1. The Morgan fingerprint density at radius 1 is 0.885 bits per heavy atom. The minimum atomic E-state index is -1.15. The van der Waals surface area contributed by atoms with Gasteiger partial charge >= 0.3 is 5.97 Å². The highest BCUT2D eigenvalue weighted by molar-refractivity contribution is 5.94. The largest absolute Gasteiger partial charge is 0.478 e. The maximum absolute atomic E-state index is 12.1. The number of carboxylic acid groups (broad SMARTS) is 1. The SMILES string of the molecule is O=C(O)/C=C/C(=O)NC(Cc1ccccc1)c1ccc2ccccc2c1. The van der Waals surface area contributed by atoms with Crippen LogP contribution in [0.4, 0.5) is 0 Å². The molecule has 0 heterocycles. The van der Waals surface area contributed by atoms with Gasteiger partial charge in [-0.3, -0.25) is 4.79 Å². The first-order valence-corrected chi connectivity index (χ1v) is 8.36. The molecule has 3 aromatic carbocycles. The predicted molar refractivity (Wildman–Crippen MR) is 102 cm³/mol. The maximum Gasteiger partial charge on any atom is 0.328 e. The molecular weight excluding hydrogens is 326 g/mol. The first-order valence-electron chi connectivity index (χ1n) is 8.36. The number of carbonyl (C=O) groups excluding carboxylic acids is 1. The molecule has 3 aromatic rings. The Morgan fingerprint density at radius 3 is 2.31 bits per heavy atom. The van der Waals surface area contributed by atoms with E-state index in [1.807, 2.05) is 66.7 Å². The van der Waals surface area contributed by atoms with Gasteiger partial charge in [0.1, 0.15) is 0 Å². The van der Waals surface area contributed by atoms with Gasteiger partial charge < -0.3 is 10.4 Å². The van der Waals surface area contributed by atoms with Crippen LogP contribution in [0.1, 0.15) is 17.2 Å². The van der Waals surface area contributed by atoms with Crippen LogP contribution in [0.5, 0.6) is 0 Å². The Balaban J connectivity index is 1.90. The normalized spacial score (nSPS) is 12.2. The summed E-state index contributed by atoms with van der Waals surface area (Å²) in [6.45, 7) is 0. The molecule has 0 radical (unpaired) electrons. The van der Waals surface area contributed by atoms with Crippen molar-refractivity contribution in [2.45, 2.75) is 12.5 Å². The van der Waals surface area contributed by atoms with Crippen LogP contribution in [0.2, 0.25) is 0 Å². The van der Waals surface area contributed by atoms with Gasteiger partial charge in [0.2, 0.25) is 5.91 Å². The lowest BCUT2D eigenvalue weighted by Gasteiger charge is -2.19. The molecule has 0 fully saturated rings. The molecule has 0 aliphatic carbocycles.